The first-order valence-corrected chi connectivity index (χ1v) is 7.03. The van der Waals surface area contributed by atoms with E-state index in [4.69, 9.17) is 11.6 Å². The largest absolute Gasteiger partial charge is 0.276 e. The molecular weight excluding hydrogens is 244 g/mol. The second kappa shape index (κ2) is 10.1. The zero-order valence-electron chi connectivity index (χ0n) is 12.0. The summed E-state index contributed by atoms with van der Waals surface area (Å²) in [5.74, 6) is 0.668. The fraction of sp³-hybridized carbons (Fsp3) is 0.562. The van der Waals surface area contributed by atoms with E-state index in [1.54, 1.807) is 0 Å². The molecule has 0 rings (SSSR count). The van der Waals surface area contributed by atoms with Gasteiger partial charge in [-0.2, -0.15) is 0 Å². The zero-order valence-corrected chi connectivity index (χ0v) is 12.8. The van der Waals surface area contributed by atoms with Crippen molar-refractivity contribution in [2.75, 3.05) is 0 Å². The summed E-state index contributed by atoms with van der Waals surface area (Å²) in [6.45, 7) is 8.51. The number of hydrogen-bond donors (Lipinski definition) is 0. The Bertz CT molecular complexity index is 337. The molecule has 0 saturated carbocycles. The van der Waals surface area contributed by atoms with Gasteiger partial charge in [-0.05, 0) is 62.6 Å². The third-order valence-corrected chi connectivity index (χ3v) is 3.08. The molecule has 102 valence electrons. The lowest BCUT2D eigenvalue weighted by molar-refractivity contribution is -0.107. The lowest BCUT2D eigenvalue weighted by Gasteiger charge is -2.06. The third kappa shape index (κ3) is 10.3. The number of carbonyl (C=O) groups is 1. The highest BCUT2D eigenvalue weighted by molar-refractivity contribution is 6.66. The van der Waals surface area contributed by atoms with E-state index in [0.717, 1.165) is 24.8 Å². The van der Waals surface area contributed by atoms with E-state index >= 15 is 0 Å². The molecule has 0 amide bonds. The van der Waals surface area contributed by atoms with Crippen molar-refractivity contribution in [3.8, 4) is 0 Å². The average molecular weight is 269 g/mol. The Hall–Kier alpha value is -0.820. The smallest absolute Gasteiger partial charge is 0.245 e. The summed E-state index contributed by atoms with van der Waals surface area (Å²) in [5.41, 5.74) is 2.38. The van der Waals surface area contributed by atoms with Crippen LogP contribution >= 0.6 is 11.6 Å². The second-order valence-electron chi connectivity index (χ2n) is 4.92. The normalized spacial score (nSPS) is 15.2. The summed E-state index contributed by atoms with van der Waals surface area (Å²) in [6.07, 6.45) is 12.4. The number of carbonyl (C=O) groups excluding carboxylic acids is 1. The van der Waals surface area contributed by atoms with E-state index in [1.165, 1.54) is 18.1 Å². The topological polar surface area (TPSA) is 17.1 Å². The maximum Gasteiger partial charge on any atom is 0.245 e. The van der Waals surface area contributed by atoms with E-state index in [9.17, 15) is 4.79 Å². The number of hydrogen-bond acceptors (Lipinski definition) is 1. The first-order chi connectivity index (χ1) is 8.45. The first kappa shape index (κ1) is 17.2. The number of allylic oxidation sites excluding steroid dienone is 6. The molecule has 1 nitrogen and oxygen atoms in total. The predicted molar refractivity (Wildman–Crippen MR) is 80.8 cm³/mol. The molecule has 2 heteroatoms. The van der Waals surface area contributed by atoms with Crippen molar-refractivity contribution in [1.29, 1.82) is 0 Å². The van der Waals surface area contributed by atoms with E-state index in [-0.39, 0.29) is 0 Å². The van der Waals surface area contributed by atoms with Crippen molar-refractivity contribution in [3.63, 3.8) is 0 Å². The Morgan fingerprint density at radius 1 is 1.33 bits per heavy atom. The van der Waals surface area contributed by atoms with Crippen molar-refractivity contribution in [1.82, 2.24) is 0 Å². The van der Waals surface area contributed by atoms with Crippen LogP contribution in [-0.4, -0.2) is 5.24 Å². The Morgan fingerprint density at radius 3 is 2.56 bits per heavy atom. The van der Waals surface area contributed by atoms with E-state index in [1.807, 2.05) is 13.0 Å². The standard InChI is InChI=1S/C16H25ClO/c1-5-13(2)8-6-9-14(3)10-7-11-15(4)12-16(17)18/h7-8,11-12,14H,5-6,9-10H2,1-4H3. The Kier molecular flexibility index (Phi) is 9.67. The molecule has 0 heterocycles. The maximum atomic E-state index is 10.6. The van der Waals surface area contributed by atoms with Gasteiger partial charge in [0.1, 0.15) is 0 Å². The van der Waals surface area contributed by atoms with E-state index in [2.05, 4.69) is 32.9 Å². The minimum atomic E-state index is -0.412. The predicted octanol–water partition coefficient (Wildman–Crippen LogP) is 5.42. The fourth-order valence-electron chi connectivity index (χ4n) is 1.59. The molecule has 0 aromatic rings. The molecule has 0 aromatic carbocycles. The lowest BCUT2D eigenvalue weighted by atomic mass is 10.00. The summed E-state index contributed by atoms with van der Waals surface area (Å²) < 4.78 is 0. The van der Waals surface area contributed by atoms with Crippen LogP contribution in [0.25, 0.3) is 0 Å². The molecule has 0 radical (unpaired) electrons. The van der Waals surface area contributed by atoms with Gasteiger partial charge in [0.2, 0.25) is 5.24 Å². The zero-order chi connectivity index (χ0) is 14.0. The van der Waals surface area contributed by atoms with Crippen LogP contribution in [0.3, 0.4) is 0 Å². The van der Waals surface area contributed by atoms with Gasteiger partial charge in [0, 0.05) is 6.08 Å². The summed E-state index contributed by atoms with van der Waals surface area (Å²) in [4.78, 5) is 10.6. The van der Waals surface area contributed by atoms with Gasteiger partial charge in [-0.3, -0.25) is 4.79 Å². The quantitative estimate of drug-likeness (QED) is 0.249. The van der Waals surface area contributed by atoms with E-state index in [0.29, 0.717) is 5.92 Å². The summed E-state index contributed by atoms with van der Waals surface area (Å²) in [5, 5.41) is -0.412. The minimum Gasteiger partial charge on any atom is -0.276 e. The molecule has 0 spiro atoms. The Morgan fingerprint density at radius 2 is 2.00 bits per heavy atom. The van der Waals surface area contributed by atoms with Crippen LogP contribution in [0.1, 0.15) is 53.4 Å². The van der Waals surface area contributed by atoms with Crippen molar-refractivity contribution in [2.45, 2.75) is 53.4 Å². The average Bonchev–Trinajstić information content (AvgIpc) is 2.27. The SMILES string of the molecule is CCC(C)=CCCC(C)CC=CC(C)=CC(=O)Cl. The first-order valence-electron chi connectivity index (χ1n) is 6.65. The van der Waals surface area contributed by atoms with Gasteiger partial charge in [-0.25, -0.2) is 0 Å². The molecule has 0 bridgehead atoms. The fourth-order valence-corrected chi connectivity index (χ4v) is 1.76. The van der Waals surface area contributed by atoms with Crippen LogP contribution in [-0.2, 0) is 4.79 Å². The molecule has 18 heavy (non-hydrogen) atoms. The van der Waals surface area contributed by atoms with Crippen LogP contribution in [0.15, 0.2) is 35.5 Å². The lowest BCUT2D eigenvalue weighted by Crippen LogP contribution is -1.91. The van der Waals surface area contributed by atoms with Gasteiger partial charge < -0.3 is 0 Å². The van der Waals surface area contributed by atoms with Gasteiger partial charge in [0.25, 0.3) is 0 Å². The van der Waals surface area contributed by atoms with Crippen LogP contribution in [0, 0.1) is 5.92 Å². The van der Waals surface area contributed by atoms with Crippen LogP contribution in [0.4, 0.5) is 0 Å². The van der Waals surface area contributed by atoms with Crippen molar-refractivity contribution < 1.29 is 4.79 Å². The summed E-state index contributed by atoms with van der Waals surface area (Å²) in [7, 11) is 0. The molecule has 0 aliphatic carbocycles. The Labute approximate surface area is 117 Å². The highest BCUT2D eigenvalue weighted by atomic mass is 35.5. The van der Waals surface area contributed by atoms with Gasteiger partial charge in [-0.1, -0.05) is 37.6 Å². The van der Waals surface area contributed by atoms with Gasteiger partial charge in [-0.15, -0.1) is 0 Å². The molecular formula is C16H25ClO. The van der Waals surface area contributed by atoms with Gasteiger partial charge >= 0.3 is 0 Å². The van der Waals surface area contributed by atoms with Crippen molar-refractivity contribution in [2.24, 2.45) is 5.92 Å². The van der Waals surface area contributed by atoms with Crippen LogP contribution in [0.5, 0.6) is 0 Å². The Balaban J connectivity index is 3.93. The highest BCUT2D eigenvalue weighted by Gasteiger charge is 1.98. The summed E-state index contributed by atoms with van der Waals surface area (Å²) >= 11 is 5.27. The molecule has 0 fully saturated rings. The van der Waals surface area contributed by atoms with Crippen molar-refractivity contribution in [3.05, 3.63) is 35.5 Å². The van der Waals surface area contributed by atoms with Gasteiger partial charge in [0.05, 0.1) is 0 Å². The molecule has 0 aromatic heterocycles. The maximum absolute atomic E-state index is 10.6. The van der Waals surface area contributed by atoms with Crippen molar-refractivity contribution >= 4 is 16.8 Å². The second-order valence-corrected chi connectivity index (χ2v) is 5.29. The molecule has 0 aliphatic rings. The molecule has 0 N–H and O–H groups in total. The van der Waals surface area contributed by atoms with E-state index < -0.39 is 5.24 Å². The summed E-state index contributed by atoms with van der Waals surface area (Å²) in [6, 6.07) is 0. The number of rotatable bonds is 8. The highest BCUT2D eigenvalue weighted by Crippen LogP contribution is 2.13. The van der Waals surface area contributed by atoms with Crippen LogP contribution in [0.2, 0.25) is 0 Å². The minimum absolute atomic E-state index is 0.412. The van der Waals surface area contributed by atoms with Gasteiger partial charge in [0.15, 0.2) is 0 Å². The monoisotopic (exact) mass is 268 g/mol. The number of halogens is 1. The molecule has 1 unspecified atom stereocenters. The molecule has 1 atom stereocenters. The molecule has 0 aliphatic heterocycles. The van der Waals surface area contributed by atoms with Crippen LogP contribution < -0.4 is 0 Å². The third-order valence-electron chi connectivity index (χ3n) is 2.97. The molecule has 0 saturated heterocycles.